The zero-order valence-corrected chi connectivity index (χ0v) is 13.4. The Hall–Kier alpha value is -0.690. The van der Waals surface area contributed by atoms with Gasteiger partial charge < -0.3 is 10.4 Å². The number of nitrogens with one attached hydrogen (secondary N) is 1. The molecule has 104 valence electrons. The Bertz CT molecular complexity index is 510. The molecule has 2 atom stereocenters. The van der Waals surface area contributed by atoms with E-state index in [0.717, 1.165) is 15.9 Å². The van der Waals surface area contributed by atoms with Gasteiger partial charge in [-0.25, -0.2) is 0 Å². The highest BCUT2D eigenvalue weighted by molar-refractivity contribution is 9.10. The Morgan fingerprint density at radius 1 is 1.63 bits per heavy atom. The summed E-state index contributed by atoms with van der Waals surface area (Å²) in [7, 11) is 0. The van der Waals surface area contributed by atoms with Gasteiger partial charge >= 0.3 is 0 Å². The molecule has 0 fully saturated rings. The van der Waals surface area contributed by atoms with Crippen LogP contribution in [0, 0.1) is 0 Å². The minimum absolute atomic E-state index is 0.234. The van der Waals surface area contributed by atoms with Crippen LogP contribution < -0.4 is 5.32 Å². The van der Waals surface area contributed by atoms with Crippen LogP contribution in [0.1, 0.15) is 18.7 Å². The third-order valence-corrected chi connectivity index (χ3v) is 4.44. The normalized spacial score (nSPS) is 16.2. The van der Waals surface area contributed by atoms with Crippen molar-refractivity contribution in [2.24, 2.45) is 0 Å². The van der Waals surface area contributed by atoms with E-state index < -0.39 is 5.60 Å². The number of hydrogen-bond donors (Lipinski definition) is 2. The van der Waals surface area contributed by atoms with Gasteiger partial charge in [0.1, 0.15) is 5.60 Å². The Labute approximate surface area is 125 Å². The van der Waals surface area contributed by atoms with Gasteiger partial charge in [-0.15, -0.1) is 11.3 Å². The molecule has 0 saturated carbocycles. The largest absolute Gasteiger partial charge is 0.383 e. The SMILES string of the molecule is C[C@H](Cn1cc(Br)cn1)NC[C@](C)(O)c1cccs1. The molecule has 0 aliphatic rings. The summed E-state index contributed by atoms with van der Waals surface area (Å²) >= 11 is 4.95. The Balaban J connectivity index is 1.85. The minimum Gasteiger partial charge on any atom is -0.383 e. The van der Waals surface area contributed by atoms with Gasteiger partial charge in [-0.05, 0) is 41.2 Å². The fourth-order valence-corrected chi connectivity index (χ4v) is 2.94. The van der Waals surface area contributed by atoms with Gasteiger partial charge in [-0.1, -0.05) is 6.07 Å². The molecular weight excluding hydrogens is 326 g/mol. The van der Waals surface area contributed by atoms with Crippen molar-refractivity contribution in [2.75, 3.05) is 6.54 Å². The number of thiophene rings is 1. The summed E-state index contributed by atoms with van der Waals surface area (Å²) in [4.78, 5) is 0.981. The zero-order chi connectivity index (χ0) is 13.9. The molecule has 19 heavy (non-hydrogen) atoms. The fraction of sp³-hybridized carbons (Fsp3) is 0.462. The molecule has 0 aliphatic carbocycles. The number of rotatable bonds is 6. The van der Waals surface area contributed by atoms with Crippen molar-refractivity contribution in [2.45, 2.75) is 32.0 Å². The molecule has 0 aliphatic heterocycles. The van der Waals surface area contributed by atoms with Crippen LogP contribution in [0.4, 0.5) is 0 Å². The third-order valence-electron chi connectivity index (χ3n) is 2.91. The van der Waals surface area contributed by atoms with E-state index in [1.807, 2.05) is 35.3 Å². The van der Waals surface area contributed by atoms with E-state index in [1.54, 1.807) is 17.5 Å². The molecule has 0 radical (unpaired) electrons. The van der Waals surface area contributed by atoms with Crippen LogP contribution in [0.2, 0.25) is 0 Å². The first-order valence-electron chi connectivity index (χ1n) is 6.15. The quantitative estimate of drug-likeness (QED) is 0.847. The van der Waals surface area contributed by atoms with E-state index in [0.29, 0.717) is 6.54 Å². The van der Waals surface area contributed by atoms with Crippen LogP contribution in [0.5, 0.6) is 0 Å². The molecule has 2 aromatic rings. The summed E-state index contributed by atoms with van der Waals surface area (Å²) in [6.07, 6.45) is 3.71. The monoisotopic (exact) mass is 343 g/mol. The molecule has 4 nitrogen and oxygen atoms in total. The van der Waals surface area contributed by atoms with Crippen LogP contribution in [-0.2, 0) is 12.1 Å². The van der Waals surface area contributed by atoms with Crippen molar-refractivity contribution in [3.8, 4) is 0 Å². The lowest BCUT2D eigenvalue weighted by molar-refractivity contribution is 0.0573. The predicted octanol–water partition coefficient (Wildman–Crippen LogP) is 2.59. The molecule has 0 saturated heterocycles. The maximum absolute atomic E-state index is 10.4. The van der Waals surface area contributed by atoms with E-state index in [4.69, 9.17) is 0 Å². The standard InChI is InChI=1S/C13H18BrN3OS/c1-10(7-17-8-11(14)6-16-17)15-9-13(2,18)12-4-3-5-19-12/h3-6,8,10,15,18H,7,9H2,1-2H3/t10-,13+/m1/s1. The summed E-state index contributed by atoms with van der Waals surface area (Å²) in [5, 5.41) is 20.0. The van der Waals surface area contributed by atoms with Gasteiger partial charge in [0.05, 0.1) is 17.2 Å². The van der Waals surface area contributed by atoms with Crippen molar-refractivity contribution < 1.29 is 5.11 Å². The van der Waals surface area contributed by atoms with Crippen molar-refractivity contribution in [1.29, 1.82) is 0 Å². The first kappa shape index (κ1) is 14.7. The van der Waals surface area contributed by atoms with E-state index >= 15 is 0 Å². The van der Waals surface area contributed by atoms with Crippen LogP contribution in [-0.4, -0.2) is 27.5 Å². The summed E-state index contributed by atoms with van der Waals surface area (Å²) in [5.41, 5.74) is -0.826. The lowest BCUT2D eigenvalue weighted by atomic mass is 10.0. The van der Waals surface area contributed by atoms with Gasteiger partial charge in [0.25, 0.3) is 0 Å². The average Bonchev–Trinajstić information content (AvgIpc) is 2.98. The first-order valence-corrected chi connectivity index (χ1v) is 7.82. The lowest BCUT2D eigenvalue weighted by Gasteiger charge is -2.25. The van der Waals surface area contributed by atoms with Crippen LogP contribution in [0.15, 0.2) is 34.4 Å². The van der Waals surface area contributed by atoms with E-state index in [1.165, 1.54) is 0 Å². The Morgan fingerprint density at radius 2 is 2.42 bits per heavy atom. The lowest BCUT2D eigenvalue weighted by Crippen LogP contribution is -2.41. The van der Waals surface area contributed by atoms with E-state index in [9.17, 15) is 5.11 Å². The fourth-order valence-electron chi connectivity index (χ4n) is 1.83. The molecule has 2 N–H and O–H groups in total. The second kappa shape index (κ2) is 6.17. The average molecular weight is 344 g/mol. The molecule has 6 heteroatoms. The number of nitrogens with zero attached hydrogens (tertiary/aromatic N) is 2. The second-order valence-electron chi connectivity index (χ2n) is 4.91. The number of hydrogen-bond acceptors (Lipinski definition) is 4. The summed E-state index contributed by atoms with van der Waals surface area (Å²) in [6.45, 7) is 5.21. The second-order valence-corrected chi connectivity index (χ2v) is 6.78. The summed E-state index contributed by atoms with van der Waals surface area (Å²) < 4.78 is 2.85. The van der Waals surface area contributed by atoms with E-state index in [2.05, 4.69) is 33.3 Å². The molecule has 0 unspecified atom stereocenters. The number of halogens is 1. The van der Waals surface area contributed by atoms with Gasteiger partial charge in [0.15, 0.2) is 0 Å². The topological polar surface area (TPSA) is 50.1 Å². The van der Waals surface area contributed by atoms with Gasteiger partial charge in [0, 0.05) is 23.7 Å². The summed E-state index contributed by atoms with van der Waals surface area (Å²) in [5.74, 6) is 0. The van der Waals surface area contributed by atoms with E-state index in [-0.39, 0.29) is 6.04 Å². The van der Waals surface area contributed by atoms with Crippen LogP contribution >= 0.6 is 27.3 Å². The van der Waals surface area contributed by atoms with Crippen molar-refractivity contribution >= 4 is 27.3 Å². The highest BCUT2D eigenvalue weighted by Gasteiger charge is 2.24. The molecular formula is C13H18BrN3OS. The highest BCUT2D eigenvalue weighted by Crippen LogP contribution is 2.24. The smallest absolute Gasteiger partial charge is 0.108 e. The van der Waals surface area contributed by atoms with Gasteiger partial charge in [0.2, 0.25) is 0 Å². The molecule has 2 aromatic heterocycles. The molecule has 0 amide bonds. The van der Waals surface area contributed by atoms with Crippen LogP contribution in [0.3, 0.4) is 0 Å². The van der Waals surface area contributed by atoms with Gasteiger partial charge in [-0.3, -0.25) is 4.68 Å². The van der Waals surface area contributed by atoms with Crippen molar-refractivity contribution in [3.05, 3.63) is 39.3 Å². The highest BCUT2D eigenvalue weighted by atomic mass is 79.9. The molecule has 0 bridgehead atoms. The number of aromatic nitrogens is 2. The molecule has 2 rings (SSSR count). The maximum atomic E-state index is 10.4. The molecule has 2 heterocycles. The Morgan fingerprint density at radius 3 is 3.00 bits per heavy atom. The first-order chi connectivity index (χ1) is 8.97. The third kappa shape index (κ3) is 4.14. The predicted molar refractivity (Wildman–Crippen MR) is 81.3 cm³/mol. The molecule has 0 spiro atoms. The van der Waals surface area contributed by atoms with Crippen LogP contribution in [0.25, 0.3) is 0 Å². The summed E-state index contributed by atoms with van der Waals surface area (Å²) in [6, 6.07) is 4.15. The van der Waals surface area contributed by atoms with Gasteiger partial charge in [-0.2, -0.15) is 5.10 Å². The molecule has 0 aromatic carbocycles. The van der Waals surface area contributed by atoms with Crippen molar-refractivity contribution in [1.82, 2.24) is 15.1 Å². The van der Waals surface area contributed by atoms with Crippen molar-refractivity contribution in [3.63, 3.8) is 0 Å². The number of aliphatic hydroxyl groups is 1. The Kier molecular flexibility index (Phi) is 4.78. The minimum atomic E-state index is -0.826. The maximum Gasteiger partial charge on any atom is 0.108 e. The zero-order valence-electron chi connectivity index (χ0n) is 11.0.